The van der Waals surface area contributed by atoms with E-state index in [-0.39, 0.29) is 12.2 Å². The smallest absolute Gasteiger partial charge is 0.335 e. The quantitative estimate of drug-likeness (QED) is 0.732. The van der Waals surface area contributed by atoms with E-state index in [2.05, 4.69) is 11.5 Å². The number of rotatable bonds is 8. The molecule has 0 radical (unpaired) electrons. The molecule has 0 aliphatic heterocycles. The molecule has 0 spiro atoms. The Bertz CT molecular complexity index is 690. The van der Waals surface area contributed by atoms with Gasteiger partial charge in [0.25, 0.3) is 0 Å². The fraction of sp³-hybridized carbons (Fsp3) is 0.278. The minimum Gasteiger partial charge on any atom is -0.478 e. The number of hydrogen-bond donors (Lipinski definition) is 2. The van der Waals surface area contributed by atoms with Crippen molar-refractivity contribution in [3.05, 3.63) is 71.2 Å². The lowest BCUT2D eigenvalue weighted by atomic mass is 10.1. The first-order valence-electron chi connectivity index (χ1n) is 7.35. The predicted molar refractivity (Wildman–Crippen MR) is 87.0 cm³/mol. The van der Waals surface area contributed by atoms with Gasteiger partial charge in [0.15, 0.2) is 0 Å². The molecular formula is C18H21NO4. The highest BCUT2D eigenvalue weighted by Gasteiger charge is 2.12. The Kier molecular flexibility index (Phi) is 5.73. The van der Waals surface area contributed by atoms with Gasteiger partial charge in [0.1, 0.15) is 18.1 Å². The van der Waals surface area contributed by atoms with Crippen LogP contribution in [0.3, 0.4) is 0 Å². The fourth-order valence-corrected chi connectivity index (χ4v) is 2.42. The molecule has 0 atom stereocenters. The van der Waals surface area contributed by atoms with Crippen molar-refractivity contribution in [2.24, 2.45) is 0 Å². The van der Waals surface area contributed by atoms with Crippen molar-refractivity contribution >= 4 is 5.97 Å². The summed E-state index contributed by atoms with van der Waals surface area (Å²) in [4.78, 5) is 13.2. The Labute approximate surface area is 135 Å². The van der Waals surface area contributed by atoms with Gasteiger partial charge in [-0.3, -0.25) is 4.90 Å². The molecule has 122 valence electrons. The van der Waals surface area contributed by atoms with Gasteiger partial charge in [-0.2, -0.15) is 0 Å². The van der Waals surface area contributed by atoms with E-state index in [1.54, 1.807) is 24.3 Å². The minimum absolute atomic E-state index is 0.124. The molecule has 5 heteroatoms. The summed E-state index contributed by atoms with van der Waals surface area (Å²) >= 11 is 0. The molecule has 5 nitrogen and oxygen atoms in total. The Morgan fingerprint density at radius 1 is 1.22 bits per heavy atom. The van der Waals surface area contributed by atoms with Gasteiger partial charge < -0.3 is 14.6 Å². The second-order valence-electron chi connectivity index (χ2n) is 5.63. The van der Waals surface area contributed by atoms with Gasteiger partial charge in [0.2, 0.25) is 0 Å². The molecule has 0 aliphatic rings. The Hall–Kier alpha value is -2.37. The topological polar surface area (TPSA) is 73.9 Å². The molecule has 0 amide bonds. The number of nitrogens with zero attached hydrogens (tertiary/aromatic N) is 1. The van der Waals surface area contributed by atoms with Crippen molar-refractivity contribution in [1.29, 1.82) is 0 Å². The number of aromatic carboxylic acids is 1. The number of aliphatic hydroxyl groups excluding tert-OH is 1. The van der Waals surface area contributed by atoms with E-state index >= 15 is 0 Å². The first kappa shape index (κ1) is 17.0. The zero-order valence-electron chi connectivity index (χ0n) is 13.2. The molecule has 2 rings (SSSR count). The largest absolute Gasteiger partial charge is 0.478 e. The molecule has 1 aromatic carbocycles. The lowest BCUT2D eigenvalue weighted by Gasteiger charge is -2.21. The summed E-state index contributed by atoms with van der Waals surface area (Å²) in [5, 5.41) is 18.2. The summed E-state index contributed by atoms with van der Waals surface area (Å²) in [6.45, 7) is 7.58. The first-order valence-corrected chi connectivity index (χ1v) is 7.35. The molecule has 0 fully saturated rings. The van der Waals surface area contributed by atoms with Crippen molar-refractivity contribution in [2.75, 3.05) is 6.54 Å². The van der Waals surface area contributed by atoms with E-state index in [1.807, 2.05) is 19.1 Å². The molecule has 0 aliphatic carbocycles. The molecule has 0 bridgehead atoms. The molecule has 0 unspecified atom stereocenters. The Morgan fingerprint density at radius 2 is 1.96 bits per heavy atom. The van der Waals surface area contributed by atoms with E-state index in [0.29, 0.717) is 25.4 Å². The Morgan fingerprint density at radius 3 is 2.57 bits per heavy atom. The lowest BCUT2D eigenvalue weighted by molar-refractivity contribution is 0.0696. The van der Waals surface area contributed by atoms with Crippen molar-refractivity contribution in [1.82, 2.24) is 4.90 Å². The highest BCUT2D eigenvalue weighted by molar-refractivity contribution is 5.87. The summed E-state index contributed by atoms with van der Waals surface area (Å²) in [6, 6.07) is 10.5. The Balaban J connectivity index is 2.13. The third-order valence-corrected chi connectivity index (χ3v) is 3.33. The van der Waals surface area contributed by atoms with Gasteiger partial charge in [0.05, 0.1) is 12.1 Å². The zero-order valence-corrected chi connectivity index (χ0v) is 13.2. The molecule has 0 saturated carbocycles. The van der Waals surface area contributed by atoms with Crippen LogP contribution in [0.25, 0.3) is 0 Å². The van der Waals surface area contributed by atoms with Crippen LogP contribution in [0.15, 0.2) is 53.0 Å². The molecule has 2 N–H and O–H groups in total. The van der Waals surface area contributed by atoms with Crippen LogP contribution in [0.2, 0.25) is 0 Å². The van der Waals surface area contributed by atoms with Crippen LogP contribution in [0.1, 0.15) is 34.4 Å². The van der Waals surface area contributed by atoms with Crippen molar-refractivity contribution in [2.45, 2.75) is 26.6 Å². The van der Waals surface area contributed by atoms with E-state index in [9.17, 15) is 4.79 Å². The highest BCUT2D eigenvalue weighted by Crippen LogP contribution is 2.15. The van der Waals surface area contributed by atoms with Crippen LogP contribution < -0.4 is 0 Å². The van der Waals surface area contributed by atoms with Crippen LogP contribution in [0.5, 0.6) is 0 Å². The number of hydrogen-bond acceptors (Lipinski definition) is 4. The number of aliphatic hydroxyl groups is 1. The number of benzene rings is 1. The number of carboxylic acid groups (broad SMARTS) is 1. The van der Waals surface area contributed by atoms with Crippen LogP contribution in [0, 0.1) is 0 Å². The van der Waals surface area contributed by atoms with Crippen LogP contribution >= 0.6 is 0 Å². The van der Waals surface area contributed by atoms with E-state index in [4.69, 9.17) is 14.6 Å². The summed E-state index contributed by atoms with van der Waals surface area (Å²) in [5.41, 5.74) is 2.20. The van der Waals surface area contributed by atoms with E-state index in [0.717, 1.165) is 16.9 Å². The standard InChI is InChI=1S/C18H21NO4/c1-13(2)9-19(11-16-6-7-17(12-20)23-16)10-14-4-3-5-15(8-14)18(21)22/h3-8,20H,1,9-12H2,2H3,(H,21,22). The second-order valence-corrected chi connectivity index (χ2v) is 5.63. The molecule has 2 aromatic rings. The monoisotopic (exact) mass is 315 g/mol. The maximum Gasteiger partial charge on any atom is 0.335 e. The van der Waals surface area contributed by atoms with Crippen LogP contribution in [-0.2, 0) is 19.7 Å². The summed E-state index contributed by atoms with van der Waals surface area (Å²) < 4.78 is 5.53. The summed E-state index contributed by atoms with van der Waals surface area (Å²) in [5.74, 6) is 0.352. The van der Waals surface area contributed by atoms with E-state index in [1.165, 1.54) is 0 Å². The first-order chi connectivity index (χ1) is 11.0. The SMILES string of the molecule is C=C(C)CN(Cc1cccc(C(=O)O)c1)Cc1ccc(CO)o1. The average molecular weight is 315 g/mol. The number of furan rings is 1. The fourth-order valence-electron chi connectivity index (χ4n) is 2.42. The number of carboxylic acids is 1. The maximum absolute atomic E-state index is 11.1. The van der Waals surface area contributed by atoms with Crippen molar-refractivity contribution in [3.8, 4) is 0 Å². The van der Waals surface area contributed by atoms with Crippen molar-refractivity contribution in [3.63, 3.8) is 0 Å². The second kappa shape index (κ2) is 7.76. The molecule has 1 heterocycles. The molecule has 23 heavy (non-hydrogen) atoms. The third-order valence-electron chi connectivity index (χ3n) is 3.33. The minimum atomic E-state index is -0.933. The molecule has 1 aromatic heterocycles. The maximum atomic E-state index is 11.1. The van der Waals surface area contributed by atoms with Crippen molar-refractivity contribution < 1.29 is 19.4 Å². The summed E-state index contributed by atoms with van der Waals surface area (Å²) in [6.07, 6.45) is 0. The van der Waals surface area contributed by atoms with Crippen LogP contribution in [0.4, 0.5) is 0 Å². The zero-order chi connectivity index (χ0) is 16.8. The average Bonchev–Trinajstić information content (AvgIpc) is 2.94. The van der Waals surface area contributed by atoms with E-state index < -0.39 is 5.97 Å². The molecule has 0 saturated heterocycles. The van der Waals surface area contributed by atoms with Gasteiger partial charge in [0, 0.05) is 13.1 Å². The van der Waals surface area contributed by atoms with Gasteiger partial charge in [-0.05, 0) is 36.8 Å². The third kappa shape index (κ3) is 5.09. The lowest BCUT2D eigenvalue weighted by Crippen LogP contribution is -2.24. The molecular weight excluding hydrogens is 294 g/mol. The normalized spacial score (nSPS) is 10.9. The van der Waals surface area contributed by atoms with Gasteiger partial charge in [-0.15, -0.1) is 0 Å². The predicted octanol–water partition coefficient (Wildman–Crippen LogP) is 3.05. The van der Waals surface area contributed by atoms with Gasteiger partial charge in [-0.25, -0.2) is 4.79 Å². The number of carbonyl (C=O) groups is 1. The summed E-state index contributed by atoms with van der Waals surface area (Å²) in [7, 11) is 0. The highest BCUT2D eigenvalue weighted by atomic mass is 16.4. The van der Waals surface area contributed by atoms with Crippen LogP contribution in [-0.4, -0.2) is 27.6 Å². The van der Waals surface area contributed by atoms with Gasteiger partial charge >= 0.3 is 5.97 Å². The van der Waals surface area contributed by atoms with Gasteiger partial charge in [-0.1, -0.05) is 24.3 Å².